The van der Waals surface area contributed by atoms with Crippen LogP contribution in [0.5, 0.6) is 11.5 Å². The molecule has 1 aromatic carbocycles. The van der Waals surface area contributed by atoms with Crippen molar-refractivity contribution in [1.29, 1.82) is 0 Å². The van der Waals surface area contributed by atoms with E-state index < -0.39 is 5.97 Å². The Bertz CT molecular complexity index is 880. The molecule has 0 aliphatic carbocycles. The van der Waals surface area contributed by atoms with Crippen molar-refractivity contribution in [1.82, 2.24) is 9.88 Å². The molecule has 0 aliphatic heterocycles. The lowest BCUT2D eigenvalue weighted by atomic mass is 10.1. The molecule has 0 saturated heterocycles. The molecule has 0 spiro atoms. The van der Waals surface area contributed by atoms with Crippen LogP contribution in [0.15, 0.2) is 18.3 Å². The van der Waals surface area contributed by atoms with Crippen LogP contribution in [-0.2, 0) is 9.53 Å². The number of pyridine rings is 1. The molecule has 1 amide bonds. The molecule has 1 heterocycles. The molecular formula is C21H29N3O5. The van der Waals surface area contributed by atoms with Gasteiger partial charge >= 0.3 is 5.97 Å². The van der Waals surface area contributed by atoms with Gasteiger partial charge in [-0.25, -0.2) is 4.79 Å². The smallest absolute Gasteiger partial charge is 0.341 e. The molecule has 2 rings (SSSR count). The maximum Gasteiger partial charge on any atom is 0.341 e. The first kappa shape index (κ1) is 22.3. The molecule has 0 N–H and O–H groups in total. The lowest BCUT2D eigenvalue weighted by Gasteiger charge is -2.27. The van der Waals surface area contributed by atoms with Crippen molar-refractivity contribution in [2.24, 2.45) is 0 Å². The molecule has 2 aromatic rings. The van der Waals surface area contributed by atoms with Gasteiger partial charge in [-0.3, -0.25) is 9.78 Å². The Kier molecular flexibility index (Phi) is 7.64. The van der Waals surface area contributed by atoms with Gasteiger partial charge in [-0.1, -0.05) is 0 Å². The number of fused-ring (bicyclic) bond motifs is 1. The summed E-state index contributed by atoms with van der Waals surface area (Å²) >= 11 is 0. The Labute approximate surface area is 171 Å². The molecule has 0 atom stereocenters. The second kappa shape index (κ2) is 9.95. The number of hydrogen-bond acceptors (Lipinski definition) is 7. The Morgan fingerprint density at radius 1 is 1.03 bits per heavy atom. The van der Waals surface area contributed by atoms with Gasteiger partial charge in [0.15, 0.2) is 0 Å². The molecular weight excluding hydrogens is 374 g/mol. The number of anilines is 1. The van der Waals surface area contributed by atoms with Crippen molar-refractivity contribution >= 4 is 28.5 Å². The van der Waals surface area contributed by atoms with E-state index in [0.717, 1.165) is 0 Å². The summed E-state index contributed by atoms with van der Waals surface area (Å²) in [5.41, 5.74) is 1.32. The quantitative estimate of drug-likeness (QED) is 0.596. The monoisotopic (exact) mass is 403 g/mol. The fraction of sp³-hybridized carbons (Fsp3) is 0.476. The lowest BCUT2D eigenvalue weighted by molar-refractivity contribution is -0.129. The molecule has 0 aliphatic rings. The van der Waals surface area contributed by atoms with Gasteiger partial charge in [-0.05, 0) is 32.9 Å². The lowest BCUT2D eigenvalue weighted by Crippen LogP contribution is -2.39. The van der Waals surface area contributed by atoms with Crippen LogP contribution >= 0.6 is 0 Å². The first-order chi connectivity index (χ1) is 13.9. The summed E-state index contributed by atoms with van der Waals surface area (Å²) in [5.74, 6) is 0.514. The summed E-state index contributed by atoms with van der Waals surface area (Å²) in [7, 11) is 4.86. The largest absolute Gasteiger partial charge is 0.496 e. The van der Waals surface area contributed by atoms with E-state index in [1.807, 2.05) is 13.8 Å². The highest BCUT2D eigenvalue weighted by Gasteiger charge is 2.25. The molecule has 8 heteroatoms. The van der Waals surface area contributed by atoms with Crippen LogP contribution in [0, 0.1) is 0 Å². The number of amides is 1. The summed E-state index contributed by atoms with van der Waals surface area (Å²) < 4.78 is 16.2. The summed E-state index contributed by atoms with van der Waals surface area (Å²) in [6, 6.07) is 3.50. The van der Waals surface area contributed by atoms with E-state index in [1.165, 1.54) is 6.20 Å². The van der Waals surface area contributed by atoms with Crippen LogP contribution in [0.4, 0.5) is 5.69 Å². The van der Waals surface area contributed by atoms with Crippen LogP contribution in [-0.4, -0.2) is 69.3 Å². The van der Waals surface area contributed by atoms with Crippen LogP contribution in [0.2, 0.25) is 0 Å². The highest BCUT2D eigenvalue weighted by atomic mass is 16.5. The second-order valence-electron chi connectivity index (χ2n) is 6.36. The number of carbonyl (C=O) groups is 2. The molecule has 158 valence electrons. The van der Waals surface area contributed by atoms with Gasteiger partial charge in [0.1, 0.15) is 22.6 Å². The Morgan fingerprint density at radius 3 is 2.21 bits per heavy atom. The third kappa shape index (κ3) is 4.52. The number of benzene rings is 1. The van der Waals surface area contributed by atoms with E-state index in [9.17, 15) is 9.59 Å². The van der Waals surface area contributed by atoms with Crippen molar-refractivity contribution in [3.8, 4) is 11.5 Å². The second-order valence-corrected chi connectivity index (χ2v) is 6.36. The highest BCUT2D eigenvalue weighted by Crippen LogP contribution is 2.40. The van der Waals surface area contributed by atoms with Gasteiger partial charge in [-0.15, -0.1) is 0 Å². The first-order valence-electron chi connectivity index (χ1n) is 9.62. The first-order valence-corrected chi connectivity index (χ1v) is 9.62. The molecule has 8 nitrogen and oxygen atoms in total. The van der Waals surface area contributed by atoms with Crippen molar-refractivity contribution in [3.63, 3.8) is 0 Å². The SMILES string of the molecule is CCOC(=O)c1cnc2c(OC)ccc(OC)c2c1N(C)CC(=O)N(CC)CC. The number of aromatic nitrogens is 1. The van der Waals surface area contributed by atoms with Gasteiger partial charge in [-0.2, -0.15) is 0 Å². The van der Waals surface area contributed by atoms with E-state index in [-0.39, 0.29) is 24.6 Å². The van der Waals surface area contributed by atoms with E-state index in [2.05, 4.69) is 4.98 Å². The molecule has 0 saturated carbocycles. The van der Waals surface area contributed by atoms with E-state index in [1.54, 1.807) is 50.1 Å². The number of methoxy groups -OCH3 is 2. The number of likely N-dealkylation sites (N-methyl/N-ethyl adjacent to an activating group) is 2. The summed E-state index contributed by atoms with van der Waals surface area (Å²) in [6.07, 6.45) is 1.45. The van der Waals surface area contributed by atoms with Gasteiger partial charge < -0.3 is 24.0 Å². The van der Waals surface area contributed by atoms with Crippen LogP contribution in [0.25, 0.3) is 10.9 Å². The molecule has 29 heavy (non-hydrogen) atoms. The average Bonchev–Trinajstić information content (AvgIpc) is 2.72. The van der Waals surface area contributed by atoms with Crippen LogP contribution in [0.3, 0.4) is 0 Å². The fourth-order valence-electron chi connectivity index (χ4n) is 3.28. The summed E-state index contributed by atoms with van der Waals surface area (Å²) in [4.78, 5) is 33.2. The van der Waals surface area contributed by atoms with Crippen molar-refractivity contribution in [3.05, 3.63) is 23.9 Å². The van der Waals surface area contributed by atoms with Crippen LogP contribution in [0.1, 0.15) is 31.1 Å². The van der Waals surface area contributed by atoms with Crippen molar-refractivity contribution in [2.45, 2.75) is 20.8 Å². The van der Waals surface area contributed by atoms with Gasteiger partial charge in [0.05, 0.1) is 38.4 Å². The molecule has 0 unspecified atom stereocenters. The van der Waals surface area contributed by atoms with Crippen molar-refractivity contribution in [2.75, 3.05) is 52.4 Å². The molecule has 1 aromatic heterocycles. The number of carbonyl (C=O) groups excluding carboxylic acids is 2. The van der Waals surface area contributed by atoms with Gasteiger partial charge in [0, 0.05) is 26.3 Å². The van der Waals surface area contributed by atoms with E-state index in [0.29, 0.717) is 41.2 Å². The maximum absolute atomic E-state index is 12.7. The van der Waals surface area contributed by atoms with Crippen LogP contribution < -0.4 is 14.4 Å². The zero-order valence-electron chi connectivity index (χ0n) is 17.9. The van der Waals surface area contributed by atoms with Gasteiger partial charge in [0.2, 0.25) is 5.91 Å². The predicted molar refractivity (Wildman–Crippen MR) is 112 cm³/mol. The number of hydrogen-bond donors (Lipinski definition) is 0. The highest BCUT2D eigenvalue weighted by molar-refractivity contribution is 6.09. The van der Waals surface area contributed by atoms with Gasteiger partial charge in [0.25, 0.3) is 0 Å². The minimum absolute atomic E-state index is 0.0425. The third-order valence-corrected chi connectivity index (χ3v) is 4.72. The zero-order valence-corrected chi connectivity index (χ0v) is 17.9. The Balaban J connectivity index is 2.71. The number of nitrogens with zero attached hydrogens (tertiary/aromatic N) is 3. The number of rotatable bonds is 9. The summed E-state index contributed by atoms with van der Waals surface area (Å²) in [6.45, 7) is 7.15. The molecule has 0 bridgehead atoms. The van der Waals surface area contributed by atoms with E-state index in [4.69, 9.17) is 14.2 Å². The Hall–Kier alpha value is -3.03. The third-order valence-electron chi connectivity index (χ3n) is 4.72. The number of esters is 1. The summed E-state index contributed by atoms with van der Waals surface area (Å²) in [5, 5.41) is 0.590. The fourth-order valence-corrected chi connectivity index (χ4v) is 3.28. The zero-order chi connectivity index (χ0) is 21.6. The Morgan fingerprint density at radius 2 is 1.66 bits per heavy atom. The molecule has 0 fully saturated rings. The topological polar surface area (TPSA) is 81.2 Å². The van der Waals surface area contributed by atoms with E-state index >= 15 is 0 Å². The average molecular weight is 403 g/mol. The maximum atomic E-state index is 12.7. The number of ether oxygens (including phenoxy) is 3. The van der Waals surface area contributed by atoms with Crippen molar-refractivity contribution < 1.29 is 23.8 Å². The minimum Gasteiger partial charge on any atom is -0.496 e. The molecule has 0 radical (unpaired) electrons. The minimum atomic E-state index is -0.510. The normalized spacial score (nSPS) is 10.6. The standard InChI is InChI=1S/C21H29N3O5/c1-7-24(8-2)17(25)13-23(4)20-14(21(26)29-9-3)12-22-19-16(28-6)11-10-15(27-5)18(19)20/h10-12H,7-9,13H2,1-6H3. The predicted octanol–water partition coefficient (Wildman–Crippen LogP) is 2.73.